The van der Waals surface area contributed by atoms with Gasteiger partial charge in [0.1, 0.15) is 6.10 Å². The molecule has 2 atom stereocenters. The van der Waals surface area contributed by atoms with E-state index in [1.807, 2.05) is 0 Å². The number of ether oxygens (including phenoxy) is 1. The highest BCUT2D eigenvalue weighted by Crippen LogP contribution is 2.52. The molecule has 2 unspecified atom stereocenters. The van der Waals surface area contributed by atoms with Gasteiger partial charge in [0.05, 0.1) is 5.03 Å². The molecule has 0 aromatic heterocycles. The minimum Gasteiger partial charge on any atom is -0.344 e. The zero-order valence-corrected chi connectivity index (χ0v) is 7.87. The number of allylic oxidation sites excluding steroid dienone is 2. The third-order valence-corrected chi connectivity index (χ3v) is 2.82. The lowest BCUT2D eigenvalue weighted by atomic mass is 10.2. The van der Waals surface area contributed by atoms with Crippen LogP contribution in [0.2, 0.25) is 0 Å². The molecule has 1 heterocycles. The van der Waals surface area contributed by atoms with Gasteiger partial charge in [-0.25, -0.2) is 0 Å². The summed E-state index contributed by atoms with van der Waals surface area (Å²) in [5, 5.41) is 1.28. The first kappa shape index (κ1) is 7.17. The molecule has 2 rings (SSSR count). The third-order valence-electron chi connectivity index (χ3n) is 1.46. The van der Waals surface area contributed by atoms with E-state index in [1.165, 1.54) is 0 Å². The first-order chi connectivity index (χ1) is 4.62. The van der Waals surface area contributed by atoms with Gasteiger partial charge >= 0.3 is 0 Å². The lowest BCUT2D eigenvalue weighted by molar-refractivity contribution is 0.401. The normalized spacial score (nSPS) is 43.7. The molecule has 0 bridgehead atoms. The lowest BCUT2D eigenvalue weighted by Crippen LogP contribution is -2.05. The van der Waals surface area contributed by atoms with E-state index in [1.54, 1.807) is 12.2 Å². The summed E-state index contributed by atoms with van der Waals surface area (Å²) in [6.07, 6.45) is 3.47. The average molecular weight is 242 g/mol. The van der Waals surface area contributed by atoms with Gasteiger partial charge in [0.15, 0.2) is 4.51 Å². The molecule has 1 saturated heterocycles. The largest absolute Gasteiger partial charge is 0.344 e. The smallest absolute Gasteiger partial charge is 0.175 e. The number of fused-ring (bicyclic) bond motifs is 1. The second kappa shape index (κ2) is 2.01. The van der Waals surface area contributed by atoms with Crippen molar-refractivity contribution in [3.63, 3.8) is 0 Å². The molecule has 54 valence electrons. The highest BCUT2D eigenvalue weighted by atomic mass is 79.9. The molecule has 1 nitrogen and oxygen atoms in total. The van der Waals surface area contributed by atoms with Crippen molar-refractivity contribution in [2.75, 3.05) is 0 Å². The Bertz CT molecular complexity index is 248. The molecule has 0 radical (unpaired) electrons. The Kier molecular flexibility index (Phi) is 1.44. The fourth-order valence-corrected chi connectivity index (χ4v) is 2.54. The second-order valence-electron chi connectivity index (χ2n) is 2.25. The maximum atomic E-state index is 5.77. The molecule has 0 N–H and O–H groups in total. The maximum Gasteiger partial charge on any atom is 0.175 e. The van der Waals surface area contributed by atoms with Crippen LogP contribution in [0.25, 0.3) is 0 Å². The van der Waals surface area contributed by atoms with Crippen LogP contribution in [0.15, 0.2) is 22.2 Å². The summed E-state index contributed by atoms with van der Waals surface area (Å²) < 4.78 is 4.81. The average Bonchev–Trinajstić information content (AvgIpc) is 2.39. The van der Waals surface area contributed by atoms with Crippen LogP contribution in [0, 0.1) is 0 Å². The van der Waals surface area contributed by atoms with Crippen LogP contribution < -0.4 is 0 Å². The number of hydrogen-bond donors (Lipinski definition) is 0. The Hall–Kier alpha value is 0.500. The van der Waals surface area contributed by atoms with E-state index in [9.17, 15) is 0 Å². The number of halogens is 3. The highest BCUT2D eigenvalue weighted by molar-refractivity contribution is 9.10. The molecule has 10 heavy (non-hydrogen) atoms. The first-order valence-electron chi connectivity index (χ1n) is 2.74. The summed E-state index contributed by atoms with van der Waals surface area (Å²) >= 11 is 14.8. The van der Waals surface area contributed by atoms with E-state index in [-0.39, 0.29) is 6.10 Å². The van der Waals surface area contributed by atoms with Crippen LogP contribution in [0.5, 0.6) is 0 Å². The van der Waals surface area contributed by atoms with Gasteiger partial charge < -0.3 is 4.74 Å². The molecule has 0 aromatic rings. The maximum absolute atomic E-state index is 5.77. The fourth-order valence-electron chi connectivity index (χ4n) is 0.938. The molecule has 0 amide bonds. The van der Waals surface area contributed by atoms with Crippen molar-refractivity contribution in [3.05, 3.63) is 22.2 Å². The SMILES string of the molecule is ClC1=CC2(Br)OC2C(Cl)=C1. The van der Waals surface area contributed by atoms with E-state index >= 15 is 0 Å². The molecular formula is C6H3BrCl2O. The Morgan fingerprint density at radius 1 is 1.60 bits per heavy atom. The lowest BCUT2D eigenvalue weighted by Gasteiger charge is -2.02. The van der Waals surface area contributed by atoms with Crippen molar-refractivity contribution in [1.82, 2.24) is 0 Å². The number of epoxide rings is 1. The van der Waals surface area contributed by atoms with Gasteiger partial charge in [0.2, 0.25) is 0 Å². The van der Waals surface area contributed by atoms with Crippen molar-refractivity contribution < 1.29 is 4.74 Å². The molecule has 1 aliphatic carbocycles. The minimum atomic E-state index is -0.393. The van der Waals surface area contributed by atoms with Crippen LogP contribution in [-0.2, 0) is 4.74 Å². The molecule has 1 aliphatic heterocycles. The van der Waals surface area contributed by atoms with E-state index in [0.717, 1.165) is 0 Å². The number of hydrogen-bond acceptors (Lipinski definition) is 1. The minimum absolute atomic E-state index is 0.0170. The van der Waals surface area contributed by atoms with Gasteiger partial charge in [-0.05, 0) is 28.1 Å². The second-order valence-corrected chi connectivity index (χ2v) is 4.37. The predicted molar refractivity (Wildman–Crippen MR) is 44.4 cm³/mol. The monoisotopic (exact) mass is 240 g/mol. The van der Waals surface area contributed by atoms with Crippen molar-refractivity contribution >= 4 is 39.1 Å². The Balaban J connectivity index is 2.38. The Morgan fingerprint density at radius 2 is 2.30 bits per heavy atom. The molecule has 0 aromatic carbocycles. The van der Waals surface area contributed by atoms with Gasteiger partial charge in [-0.3, -0.25) is 0 Å². The summed E-state index contributed by atoms with van der Waals surface area (Å²) in [4.78, 5) is 0. The highest BCUT2D eigenvalue weighted by Gasteiger charge is 2.56. The van der Waals surface area contributed by atoms with Crippen molar-refractivity contribution in [2.45, 2.75) is 10.6 Å². The topological polar surface area (TPSA) is 12.5 Å². The number of alkyl halides is 1. The molecule has 4 heteroatoms. The summed E-state index contributed by atoms with van der Waals surface area (Å²) in [6, 6.07) is 0. The fraction of sp³-hybridized carbons (Fsp3) is 0.333. The molecule has 0 spiro atoms. The summed E-state index contributed by atoms with van der Waals surface area (Å²) in [5.41, 5.74) is 0. The summed E-state index contributed by atoms with van der Waals surface area (Å²) in [5.74, 6) is 0. The molecule has 2 aliphatic rings. The molecular weight excluding hydrogens is 239 g/mol. The Labute approximate surface area is 76.8 Å². The number of rotatable bonds is 0. The first-order valence-corrected chi connectivity index (χ1v) is 4.29. The van der Waals surface area contributed by atoms with E-state index < -0.39 is 4.51 Å². The molecule has 0 saturated carbocycles. The summed E-state index contributed by atoms with van der Waals surface area (Å²) in [6.45, 7) is 0. The third kappa shape index (κ3) is 0.944. The van der Waals surface area contributed by atoms with Gasteiger partial charge in [0.25, 0.3) is 0 Å². The van der Waals surface area contributed by atoms with E-state index in [2.05, 4.69) is 15.9 Å². The van der Waals surface area contributed by atoms with E-state index in [0.29, 0.717) is 10.1 Å². The van der Waals surface area contributed by atoms with Crippen LogP contribution in [0.1, 0.15) is 0 Å². The zero-order valence-electron chi connectivity index (χ0n) is 4.77. The van der Waals surface area contributed by atoms with Gasteiger partial charge in [-0.1, -0.05) is 23.2 Å². The zero-order chi connectivity index (χ0) is 7.35. The summed E-state index contributed by atoms with van der Waals surface area (Å²) in [7, 11) is 0. The van der Waals surface area contributed by atoms with Crippen LogP contribution in [-0.4, -0.2) is 10.6 Å². The molecule has 1 fully saturated rings. The quantitative estimate of drug-likeness (QED) is 0.470. The van der Waals surface area contributed by atoms with Crippen molar-refractivity contribution in [2.24, 2.45) is 0 Å². The van der Waals surface area contributed by atoms with Crippen LogP contribution in [0.4, 0.5) is 0 Å². The van der Waals surface area contributed by atoms with Crippen molar-refractivity contribution in [1.29, 1.82) is 0 Å². The van der Waals surface area contributed by atoms with E-state index in [4.69, 9.17) is 27.9 Å². The van der Waals surface area contributed by atoms with Gasteiger partial charge in [0, 0.05) is 5.03 Å². The van der Waals surface area contributed by atoms with Crippen LogP contribution in [0.3, 0.4) is 0 Å². The van der Waals surface area contributed by atoms with Crippen LogP contribution >= 0.6 is 39.1 Å². The van der Waals surface area contributed by atoms with Crippen molar-refractivity contribution in [3.8, 4) is 0 Å². The van der Waals surface area contributed by atoms with Gasteiger partial charge in [-0.2, -0.15) is 0 Å². The van der Waals surface area contributed by atoms with Gasteiger partial charge in [-0.15, -0.1) is 0 Å². The Morgan fingerprint density at radius 3 is 2.90 bits per heavy atom. The standard InChI is InChI=1S/C6H3BrCl2O/c7-6-2-3(8)1-4(9)5(6)10-6/h1-2,5H. The predicted octanol–water partition coefficient (Wildman–Crippen LogP) is 2.74.